The normalized spacial score (nSPS) is 28.9. The van der Waals surface area contributed by atoms with E-state index in [9.17, 15) is 0 Å². The van der Waals surface area contributed by atoms with Gasteiger partial charge in [0.2, 0.25) is 0 Å². The van der Waals surface area contributed by atoms with Crippen molar-refractivity contribution in [2.75, 3.05) is 38.6 Å². The first-order valence-corrected chi connectivity index (χ1v) is 7.85. The van der Waals surface area contributed by atoms with Gasteiger partial charge in [0, 0.05) is 18.5 Å². The lowest BCUT2D eigenvalue weighted by atomic mass is 10.1. The zero-order chi connectivity index (χ0) is 12.1. The molecule has 0 radical (unpaired) electrons. The lowest BCUT2D eigenvalue weighted by molar-refractivity contribution is 0.227. The Balaban J connectivity index is 1.63. The van der Waals surface area contributed by atoms with Gasteiger partial charge < -0.3 is 4.90 Å². The molecular formula is C14H27ClN2. The number of halogens is 1. The summed E-state index contributed by atoms with van der Waals surface area (Å²) in [5.74, 6) is 1.61. The molecule has 0 aromatic heterocycles. The fourth-order valence-corrected chi connectivity index (χ4v) is 3.53. The van der Waals surface area contributed by atoms with E-state index in [0.29, 0.717) is 0 Å². The van der Waals surface area contributed by atoms with Crippen molar-refractivity contribution in [3.63, 3.8) is 0 Å². The summed E-state index contributed by atoms with van der Waals surface area (Å²) in [6.45, 7) is 8.93. The average Bonchev–Trinajstić information content (AvgIpc) is 2.97. The fraction of sp³-hybridized carbons (Fsp3) is 1.00. The zero-order valence-electron chi connectivity index (χ0n) is 11.2. The maximum Gasteiger partial charge on any atom is 0.0235 e. The van der Waals surface area contributed by atoms with E-state index in [0.717, 1.165) is 17.8 Å². The highest BCUT2D eigenvalue weighted by atomic mass is 35.5. The molecular weight excluding hydrogens is 232 g/mol. The van der Waals surface area contributed by atoms with Crippen LogP contribution in [0.1, 0.15) is 39.0 Å². The van der Waals surface area contributed by atoms with E-state index in [1.807, 2.05) is 0 Å². The lowest BCUT2D eigenvalue weighted by Crippen LogP contribution is -2.35. The minimum Gasteiger partial charge on any atom is -0.302 e. The molecule has 0 aromatic rings. The molecule has 0 aromatic carbocycles. The van der Waals surface area contributed by atoms with Crippen LogP contribution < -0.4 is 0 Å². The van der Waals surface area contributed by atoms with Crippen molar-refractivity contribution in [2.24, 2.45) is 5.92 Å². The summed E-state index contributed by atoms with van der Waals surface area (Å²) in [6, 6.07) is 0.862. The van der Waals surface area contributed by atoms with Crippen LogP contribution in [0.2, 0.25) is 0 Å². The van der Waals surface area contributed by atoms with Crippen LogP contribution in [0.5, 0.6) is 0 Å². The first kappa shape index (κ1) is 13.6. The summed E-state index contributed by atoms with van der Waals surface area (Å²) in [6.07, 6.45) is 6.72. The molecule has 2 rings (SSSR count). The molecule has 2 nitrogen and oxygen atoms in total. The van der Waals surface area contributed by atoms with Gasteiger partial charge in [0.05, 0.1) is 0 Å². The van der Waals surface area contributed by atoms with E-state index >= 15 is 0 Å². The molecule has 17 heavy (non-hydrogen) atoms. The van der Waals surface area contributed by atoms with Crippen LogP contribution in [0.25, 0.3) is 0 Å². The Bertz CT molecular complexity index is 216. The van der Waals surface area contributed by atoms with Crippen LogP contribution in [0.15, 0.2) is 0 Å². The number of likely N-dealkylation sites (tertiary alicyclic amines) is 2. The van der Waals surface area contributed by atoms with E-state index in [2.05, 4.69) is 16.7 Å². The molecule has 2 heterocycles. The molecule has 3 heteroatoms. The molecule has 2 saturated heterocycles. The molecule has 2 atom stereocenters. The lowest BCUT2D eigenvalue weighted by Gasteiger charge is -2.24. The van der Waals surface area contributed by atoms with Crippen LogP contribution in [-0.2, 0) is 0 Å². The van der Waals surface area contributed by atoms with Crippen LogP contribution in [0, 0.1) is 5.92 Å². The van der Waals surface area contributed by atoms with Gasteiger partial charge in [-0.15, -0.1) is 11.6 Å². The molecule has 0 spiro atoms. The minimum atomic E-state index is 0.790. The molecule has 0 saturated carbocycles. The van der Waals surface area contributed by atoms with Crippen molar-refractivity contribution in [3.8, 4) is 0 Å². The van der Waals surface area contributed by atoms with Crippen molar-refractivity contribution < 1.29 is 0 Å². The first-order chi connectivity index (χ1) is 8.29. The summed E-state index contributed by atoms with van der Waals surface area (Å²) < 4.78 is 0. The molecule has 2 fully saturated rings. The third-order valence-electron chi connectivity index (χ3n) is 4.44. The number of hydrogen-bond acceptors (Lipinski definition) is 2. The molecule has 0 N–H and O–H groups in total. The number of rotatable bonds is 6. The second-order valence-corrected chi connectivity index (χ2v) is 6.24. The van der Waals surface area contributed by atoms with E-state index < -0.39 is 0 Å². The standard InChI is InChI=1S/C14H27ClN2/c1-13(4-7-15)5-10-16-11-6-14(12-16)17-8-2-3-9-17/h13-14H,2-12H2,1H3. The predicted molar refractivity (Wildman–Crippen MR) is 74.8 cm³/mol. The highest BCUT2D eigenvalue weighted by Gasteiger charge is 2.28. The average molecular weight is 259 g/mol. The molecule has 2 aliphatic rings. The number of nitrogens with zero attached hydrogens (tertiary/aromatic N) is 2. The predicted octanol–water partition coefficient (Wildman–Crippen LogP) is 2.81. The Labute approximate surface area is 111 Å². The topological polar surface area (TPSA) is 6.48 Å². The minimum absolute atomic E-state index is 0.790. The van der Waals surface area contributed by atoms with E-state index in [1.54, 1.807) is 0 Å². The van der Waals surface area contributed by atoms with Crippen LogP contribution in [0.3, 0.4) is 0 Å². The smallest absolute Gasteiger partial charge is 0.0235 e. The molecule has 100 valence electrons. The largest absolute Gasteiger partial charge is 0.302 e. The maximum absolute atomic E-state index is 5.78. The van der Waals surface area contributed by atoms with Crippen LogP contribution in [-0.4, -0.2) is 54.4 Å². The second kappa shape index (κ2) is 6.96. The first-order valence-electron chi connectivity index (χ1n) is 7.32. The van der Waals surface area contributed by atoms with Gasteiger partial charge >= 0.3 is 0 Å². The maximum atomic E-state index is 5.78. The molecule has 2 aliphatic heterocycles. The van der Waals surface area contributed by atoms with E-state index in [4.69, 9.17) is 11.6 Å². The van der Waals surface area contributed by atoms with Gasteiger partial charge in [0.1, 0.15) is 0 Å². The molecule has 2 unspecified atom stereocenters. The Morgan fingerprint density at radius 2 is 1.94 bits per heavy atom. The molecule has 0 amide bonds. The second-order valence-electron chi connectivity index (χ2n) is 5.86. The van der Waals surface area contributed by atoms with Gasteiger partial charge in [-0.3, -0.25) is 4.90 Å². The van der Waals surface area contributed by atoms with Crippen LogP contribution >= 0.6 is 11.6 Å². The molecule has 0 bridgehead atoms. The van der Waals surface area contributed by atoms with Crippen molar-refractivity contribution >= 4 is 11.6 Å². The van der Waals surface area contributed by atoms with Crippen molar-refractivity contribution in [1.82, 2.24) is 9.80 Å². The Hall–Kier alpha value is 0.210. The highest BCUT2D eigenvalue weighted by Crippen LogP contribution is 2.21. The quantitative estimate of drug-likeness (QED) is 0.676. The number of hydrogen-bond donors (Lipinski definition) is 0. The summed E-state index contributed by atoms with van der Waals surface area (Å²) in [5.41, 5.74) is 0. The van der Waals surface area contributed by atoms with E-state index in [-0.39, 0.29) is 0 Å². The molecule has 0 aliphatic carbocycles. The highest BCUT2D eigenvalue weighted by molar-refractivity contribution is 6.17. The van der Waals surface area contributed by atoms with Gasteiger partial charge in [-0.2, -0.15) is 0 Å². The summed E-state index contributed by atoms with van der Waals surface area (Å²) in [5, 5.41) is 0. The summed E-state index contributed by atoms with van der Waals surface area (Å²) in [4.78, 5) is 5.37. The summed E-state index contributed by atoms with van der Waals surface area (Å²) in [7, 11) is 0. The van der Waals surface area contributed by atoms with Crippen molar-refractivity contribution in [2.45, 2.75) is 45.1 Å². The SMILES string of the molecule is CC(CCCl)CCN1CCC(N2CCCC2)C1. The third kappa shape index (κ3) is 4.11. The monoisotopic (exact) mass is 258 g/mol. The van der Waals surface area contributed by atoms with Gasteiger partial charge in [0.15, 0.2) is 0 Å². The van der Waals surface area contributed by atoms with Crippen LogP contribution in [0.4, 0.5) is 0 Å². The van der Waals surface area contributed by atoms with Gasteiger partial charge in [-0.1, -0.05) is 6.92 Å². The van der Waals surface area contributed by atoms with Gasteiger partial charge in [-0.05, 0) is 64.2 Å². The van der Waals surface area contributed by atoms with Gasteiger partial charge in [-0.25, -0.2) is 0 Å². The van der Waals surface area contributed by atoms with Gasteiger partial charge in [0.25, 0.3) is 0 Å². The summed E-state index contributed by atoms with van der Waals surface area (Å²) >= 11 is 5.78. The number of alkyl halides is 1. The van der Waals surface area contributed by atoms with E-state index in [1.165, 1.54) is 64.8 Å². The Morgan fingerprint density at radius 3 is 2.65 bits per heavy atom. The van der Waals surface area contributed by atoms with Crippen molar-refractivity contribution in [1.29, 1.82) is 0 Å². The third-order valence-corrected chi connectivity index (χ3v) is 4.66. The zero-order valence-corrected chi connectivity index (χ0v) is 12.0. The Kier molecular flexibility index (Phi) is 5.58. The fourth-order valence-electron chi connectivity index (χ4n) is 3.15. The van der Waals surface area contributed by atoms with Crippen molar-refractivity contribution in [3.05, 3.63) is 0 Å². The Morgan fingerprint density at radius 1 is 1.18 bits per heavy atom.